The molecule has 1 aliphatic rings. The van der Waals surface area contributed by atoms with Crippen LogP contribution in [0.5, 0.6) is 0 Å². The van der Waals surface area contributed by atoms with Gasteiger partial charge in [0, 0.05) is 52.9 Å². The number of likely N-dealkylation sites (N-methyl/N-ethyl adjacent to an activating group) is 1. The maximum atomic E-state index is 11.7. The van der Waals surface area contributed by atoms with E-state index in [-0.39, 0.29) is 5.91 Å². The number of amides is 1. The van der Waals surface area contributed by atoms with E-state index in [4.69, 9.17) is 9.47 Å². The van der Waals surface area contributed by atoms with Crippen molar-refractivity contribution in [2.24, 2.45) is 0 Å². The van der Waals surface area contributed by atoms with Crippen molar-refractivity contribution < 1.29 is 19.4 Å². The number of carbonyl (C=O) groups excluding carboxylic acids is 1. The molecule has 1 aliphatic heterocycles. The van der Waals surface area contributed by atoms with Crippen LogP contribution in [0.15, 0.2) is 0 Å². The summed E-state index contributed by atoms with van der Waals surface area (Å²) in [6.07, 6.45) is 2.08. The fourth-order valence-electron chi connectivity index (χ4n) is 2.21. The van der Waals surface area contributed by atoms with Gasteiger partial charge in [0.2, 0.25) is 5.91 Å². The lowest BCUT2D eigenvalue weighted by Crippen LogP contribution is -2.48. The van der Waals surface area contributed by atoms with E-state index in [1.165, 1.54) is 0 Å². The highest BCUT2D eigenvalue weighted by atomic mass is 16.5. The third kappa shape index (κ3) is 6.87. The fraction of sp³-hybridized carbons (Fsp3) is 0.923. The van der Waals surface area contributed by atoms with E-state index in [0.717, 1.165) is 6.42 Å². The molecule has 6 heteroatoms. The third-order valence-electron chi connectivity index (χ3n) is 3.25. The van der Waals surface area contributed by atoms with Gasteiger partial charge in [0.05, 0.1) is 12.1 Å². The molecule has 0 unspecified atom stereocenters. The van der Waals surface area contributed by atoms with Gasteiger partial charge in [-0.25, -0.2) is 0 Å². The quantitative estimate of drug-likeness (QED) is 0.590. The molecule has 0 spiro atoms. The van der Waals surface area contributed by atoms with Crippen LogP contribution in [0.1, 0.15) is 19.3 Å². The Kier molecular flexibility index (Phi) is 7.30. The Morgan fingerprint density at radius 2 is 2.16 bits per heavy atom. The molecule has 0 aliphatic carbocycles. The highest BCUT2D eigenvalue weighted by Gasteiger charge is 2.31. The smallest absolute Gasteiger partial charge is 0.234 e. The molecule has 6 nitrogen and oxygen atoms in total. The summed E-state index contributed by atoms with van der Waals surface area (Å²) in [5.41, 5.74) is -0.719. The summed E-state index contributed by atoms with van der Waals surface area (Å²) < 4.78 is 10.1. The van der Waals surface area contributed by atoms with E-state index in [1.54, 1.807) is 7.11 Å². The number of hydrogen-bond acceptors (Lipinski definition) is 5. The number of nitrogens with one attached hydrogen (secondary N) is 1. The van der Waals surface area contributed by atoms with Crippen LogP contribution in [0.2, 0.25) is 0 Å². The van der Waals surface area contributed by atoms with Gasteiger partial charge in [-0.05, 0) is 13.5 Å². The second kappa shape index (κ2) is 8.47. The standard InChI is InChI=1S/C13H26N2O4/c1-15(10-12(16)14-6-3-7-18-2)11-13(17)4-8-19-9-5-13/h17H,3-11H2,1-2H3,(H,14,16). The summed E-state index contributed by atoms with van der Waals surface area (Å²) in [7, 11) is 3.49. The van der Waals surface area contributed by atoms with Crippen molar-refractivity contribution in [2.45, 2.75) is 24.9 Å². The SMILES string of the molecule is COCCCNC(=O)CN(C)CC1(O)CCOCC1. The van der Waals surface area contributed by atoms with Crippen molar-refractivity contribution in [3.05, 3.63) is 0 Å². The summed E-state index contributed by atoms with van der Waals surface area (Å²) in [6, 6.07) is 0. The van der Waals surface area contributed by atoms with Crippen molar-refractivity contribution in [2.75, 3.05) is 53.6 Å². The highest BCUT2D eigenvalue weighted by molar-refractivity contribution is 5.77. The first kappa shape index (κ1) is 16.4. The Morgan fingerprint density at radius 3 is 2.79 bits per heavy atom. The Balaban J connectivity index is 2.18. The van der Waals surface area contributed by atoms with Crippen molar-refractivity contribution in [3.8, 4) is 0 Å². The van der Waals surface area contributed by atoms with Crippen LogP contribution < -0.4 is 5.32 Å². The summed E-state index contributed by atoms with van der Waals surface area (Å²) in [5, 5.41) is 13.2. The molecule has 2 N–H and O–H groups in total. The number of nitrogens with zero attached hydrogens (tertiary/aromatic N) is 1. The van der Waals surface area contributed by atoms with Crippen LogP contribution in [-0.2, 0) is 14.3 Å². The largest absolute Gasteiger partial charge is 0.388 e. The molecule has 0 radical (unpaired) electrons. The zero-order valence-electron chi connectivity index (χ0n) is 12.0. The van der Waals surface area contributed by atoms with E-state index in [1.807, 2.05) is 11.9 Å². The molecular weight excluding hydrogens is 248 g/mol. The van der Waals surface area contributed by atoms with Crippen LogP contribution in [0.4, 0.5) is 0 Å². The second-order valence-corrected chi connectivity index (χ2v) is 5.21. The molecule has 19 heavy (non-hydrogen) atoms. The number of aliphatic hydroxyl groups is 1. The normalized spacial score (nSPS) is 18.5. The van der Waals surface area contributed by atoms with Gasteiger partial charge in [-0.1, -0.05) is 0 Å². The van der Waals surface area contributed by atoms with Gasteiger partial charge in [-0.2, -0.15) is 0 Å². The lowest BCUT2D eigenvalue weighted by atomic mass is 9.94. The maximum Gasteiger partial charge on any atom is 0.234 e. The average molecular weight is 274 g/mol. The van der Waals surface area contributed by atoms with Gasteiger partial charge in [-0.15, -0.1) is 0 Å². The lowest BCUT2D eigenvalue weighted by molar-refractivity contribution is -0.123. The predicted molar refractivity (Wildman–Crippen MR) is 72.0 cm³/mol. The maximum absolute atomic E-state index is 11.7. The first-order chi connectivity index (χ1) is 9.06. The van der Waals surface area contributed by atoms with Gasteiger partial charge in [0.15, 0.2) is 0 Å². The zero-order valence-corrected chi connectivity index (χ0v) is 12.0. The molecule has 0 aromatic rings. The molecule has 1 amide bonds. The van der Waals surface area contributed by atoms with E-state index in [0.29, 0.717) is 52.3 Å². The van der Waals surface area contributed by atoms with Gasteiger partial charge >= 0.3 is 0 Å². The third-order valence-corrected chi connectivity index (χ3v) is 3.25. The van der Waals surface area contributed by atoms with Gasteiger partial charge in [-0.3, -0.25) is 9.69 Å². The summed E-state index contributed by atoms with van der Waals surface area (Å²) in [4.78, 5) is 13.5. The molecular formula is C13H26N2O4. The Bertz CT molecular complexity index is 267. The molecule has 0 atom stereocenters. The van der Waals surface area contributed by atoms with E-state index >= 15 is 0 Å². The van der Waals surface area contributed by atoms with Crippen molar-refractivity contribution >= 4 is 5.91 Å². The predicted octanol–water partition coefficient (Wildman–Crippen LogP) is -0.388. The fourth-order valence-corrected chi connectivity index (χ4v) is 2.21. The minimum absolute atomic E-state index is 0.0192. The minimum atomic E-state index is -0.719. The first-order valence-electron chi connectivity index (χ1n) is 6.80. The van der Waals surface area contributed by atoms with Gasteiger partial charge in [0.25, 0.3) is 0 Å². The number of rotatable bonds is 8. The van der Waals surface area contributed by atoms with Crippen LogP contribution in [0.3, 0.4) is 0 Å². The van der Waals surface area contributed by atoms with Crippen molar-refractivity contribution in [1.82, 2.24) is 10.2 Å². The molecule has 0 saturated carbocycles. The van der Waals surface area contributed by atoms with E-state index in [9.17, 15) is 9.90 Å². The lowest BCUT2D eigenvalue weighted by Gasteiger charge is -2.35. The summed E-state index contributed by atoms with van der Waals surface area (Å²) in [5.74, 6) is -0.0192. The molecule has 0 aromatic heterocycles. The zero-order chi connectivity index (χ0) is 14.1. The average Bonchev–Trinajstić information content (AvgIpc) is 2.34. The van der Waals surface area contributed by atoms with Crippen LogP contribution >= 0.6 is 0 Å². The van der Waals surface area contributed by atoms with Crippen molar-refractivity contribution in [1.29, 1.82) is 0 Å². The topological polar surface area (TPSA) is 71.0 Å². The number of methoxy groups -OCH3 is 1. The Hall–Kier alpha value is -0.690. The molecule has 0 aromatic carbocycles. The molecule has 1 fully saturated rings. The van der Waals surface area contributed by atoms with Crippen molar-refractivity contribution in [3.63, 3.8) is 0 Å². The monoisotopic (exact) mass is 274 g/mol. The molecule has 0 bridgehead atoms. The van der Waals surface area contributed by atoms with Gasteiger partial charge < -0.3 is 19.9 Å². The molecule has 1 rings (SSSR count). The Labute approximate surface area is 115 Å². The van der Waals surface area contributed by atoms with E-state index < -0.39 is 5.60 Å². The highest BCUT2D eigenvalue weighted by Crippen LogP contribution is 2.20. The molecule has 1 heterocycles. The first-order valence-corrected chi connectivity index (χ1v) is 6.80. The van der Waals surface area contributed by atoms with Crippen LogP contribution in [-0.4, -0.2) is 75.1 Å². The minimum Gasteiger partial charge on any atom is -0.388 e. The van der Waals surface area contributed by atoms with Crippen LogP contribution in [0.25, 0.3) is 0 Å². The number of hydrogen-bond donors (Lipinski definition) is 2. The number of carbonyl (C=O) groups is 1. The van der Waals surface area contributed by atoms with E-state index in [2.05, 4.69) is 5.32 Å². The summed E-state index contributed by atoms with van der Waals surface area (Å²) in [6.45, 7) is 3.26. The number of ether oxygens (including phenoxy) is 2. The second-order valence-electron chi connectivity index (χ2n) is 5.21. The molecule has 112 valence electrons. The van der Waals surface area contributed by atoms with Gasteiger partial charge in [0.1, 0.15) is 0 Å². The Morgan fingerprint density at radius 1 is 1.47 bits per heavy atom. The van der Waals surface area contributed by atoms with Crippen LogP contribution in [0, 0.1) is 0 Å². The molecule has 1 saturated heterocycles. The summed E-state index contributed by atoms with van der Waals surface area (Å²) >= 11 is 0.